The van der Waals surface area contributed by atoms with E-state index in [-0.39, 0.29) is 5.69 Å². The van der Waals surface area contributed by atoms with Crippen LogP contribution in [0.1, 0.15) is 36.9 Å². The highest BCUT2D eigenvalue weighted by molar-refractivity contribution is 6.13. The van der Waals surface area contributed by atoms with Gasteiger partial charge < -0.3 is 10.0 Å². The van der Waals surface area contributed by atoms with E-state index in [2.05, 4.69) is 10.1 Å². The summed E-state index contributed by atoms with van der Waals surface area (Å²) in [4.78, 5) is 6.32. The number of rotatable bonds is 3. The van der Waals surface area contributed by atoms with Crippen molar-refractivity contribution in [3.05, 3.63) is 65.0 Å². The molecule has 1 fully saturated rings. The summed E-state index contributed by atoms with van der Waals surface area (Å²) in [5.41, 5.74) is 3.58. The number of nitrogens with zero attached hydrogens (tertiary/aromatic N) is 4. The quantitative estimate of drug-likeness (QED) is 0.789. The number of β-amino-alcohol motifs (C(OH)–C–C–N with tert-alkyl or cyclic N) is 1. The molecule has 3 aliphatic rings. The van der Waals surface area contributed by atoms with Crippen molar-refractivity contribution in [2.75, 3.05) is 29.5 Å². The molecule has 0 radical (unpaired) electrons. The van der Waals surface area contributed by atoms with Gasteiger partial charge in [-0.15, -0.1) is 0 Å². The van der Waals surface area contributed by atoms with Crippen molar-refractivity contribution in [2.24, 2.45) is 5.10 Å². The van der Waals surface area contributed by atoms with Crippen LogP contribution in [0.25, 0.3) is 0 Å². The van der Waals surface area contributed by atoms with Gasteiger partial charge in [-0.2, -0.15) is 18.3 Å². The standard InChI is InChI=1S/C23H23F3N4O/c24-23(25,26)19-8-7-16(29-11-9-17(31)14-29)12-21(19)30-13-15-4-3-5-18(15)22(28-30)20-6-1-2-10-27-20/h1-2,6-8,10,12,17,31H,3-5,9,11,13-14H2/t17-/m0/s1. The average molecular weight is 428 g/mol. The fourth-order valence-corrected chi connectivity index (χ4v) is 4.66. The van der Waals surface area contributed by atoms with E-state index < -0.39 is 17.8 Å². The van der Waals surface area contributed by atoms with Gasteiger partial charge in [0, 0.05) is 25.0 Å². The Morgan fingerprint density at radius 1 is 1.10 bits per heavy atom. The highest BCUT2D eigenvalue weighted by Gasteiger charge is 2.37. The van der Waals surface area contributed by atoms with Crippen LogP contribution in [-0.4, -0.2) is 41.5 Å². The van der Waals surface area contributed by atoms with Gasteiger partial charge in [-0.3, -0.25) is 9.99 Å². The first-order chi connectivity index (χ1) is 14.9. The van der Waals surface area contributed by atoms with Crippen LogP contribution in [0.15, 0.2) is 58.8 Å². The molecule has 1 aromatic carbocycles. The molecule has 1 aliphatic carbocycles. The molecular formula is C23H23F3N4O. The lowest BCUT2D eigenvalue weighted by atomic mass is 10.0. The number of hydrazone groups is 1. The molecule has 1 atom stereocenters. The number of hydrogen-bond acceptors (Lipinski definition) is 5. The van der Waals surface area contributed by atoms with Gasteiger partial charge >= 0.3 is 6.18 Å². The Kier molecular flexibility index (Phi) is 4.97. The lowest BCUT2D eigenvalue weighted by molar-refractivity contribution is -0.137. The first-order valence-electron chi connectivity index (χ1n) is 10.5. The van der Waals surface area contributed by atoms with E-state index in [1.54, 1.807) is 12.3 Å². The van der Waals surface area contributed by atoms with Crippen LogP contribution in [0.3, 0.4) is 0 Å². The summed E-state index contributed by atoms with van der Waals surface area (Å²) in [6.07, 6.45) is 0.0322. The van der Waals surface area contributed by atoms with Crippen molar-refractivity contribution in [3.8, 4) is 0 Å². The highest BCUT2D eigenvalue weighted by Crippen LogP contribution is 2.42. The summed E-state index contributed by atoms with van der Waals surface area (Å²) in [5, 5.41) is 16.0. The minimum atomic E-state index is -4.50. The van der Waals surface area contributed by atoms with Crippen molar-refractivity contribution in [1.82, 2.24) is 4.98 Å². The fraction of sp³-hybridized carbons (Fsp3) is 0.391. The normalized spacial score (nSPS) is 21.5. The molecule has 0 saturated carbocycles. The minimum absolute atomic E-state index is 0.0401. The van der Waals surface area contributed by atoms with Gasteiger partial charge in [0.2, 0.25) is 0 Å². The second-order valence-electron chi connectivity index (χ2n) is 8.24. The number of aliphatic hydroxyl groups is 1. The number of anilines is 2. The van der Waals surface area contributed by atoms with Crippen molar-refractivity contribution >= 4 is 17.1 Å². The summed E-state index contributed by atoms with van der Waals surface area (Å²) in [6.45, 7) is 1.38. The number of aromatic nitrogens is 1. The van der Waals surface area contributed by atoms with Gasteiger partial charge in [-0.1, -0.05) is 6.07 Å². The Morgan fingerprint density at radius 3 is 2.68 bits per heavy atom. The summed E-state index contributed by atoms with van der Waals surface area (Å²) in [5.74, 6) is 0. The van der Waals surface area contributed by atoms with Crippen molar-refractivity contribution in [3.63, 3.8) is 0 Å². The van der Waals surface area contributed by atoms with Gasteiger partial charge in [-0.05, 0) is 67.2 Å². The van der Waals surface area contributed by atoms with Crippen LogP contribution in [-0.2, 0) is 6.18 Å². The molecule has 1 N–H and O–H groups in total. The number of hydrogen-bond donors (Lipinski definition) is 1. The number of alkyl halides is 3. The van der Waals surface area contributed by atoms with Gasteiger partial charge in [-0.25, -0.2) is 0 Å². The molecule has 162 valence electrons. The molecule has 31 heavy (non-hydrogen) atoms. The molecule has 3 heterocycles. The van der Waals surface area contributed by atoms with E-state index in [0.717, 1.165) is 36.5 Å². The summed E-state index contributed by atoms with van der Waals surface area (Å²) >= 11 is 0. The largest absolute Gasteiger partial charge is 0.418 e. The summed E-state index contributed by atoms with van der Waals surface area (Å²) in [7, 11) is 0. The zero-order chi connectivity index (χ0) is 21.6. The van der Waals surface area contributed by atoms with Gasteiger partial charge in [0.1, 0.15) is 5.71 Å². The molecule has 8 heteroatoms. The Balaban J connectivity index is 1.60. The van der Waals surface area contributed by atoms with Gasteiger partial charge in [0.15, 0.2) is 0 Å². The monoisotopic (exact) mass is 428 g/mol. The minimum Gasteiger partial charge on any atom is -0.391 e. The van der Waals surface area contributed by atoms with Crippen LogP contribution in [0, 0.1) is 0 Å². The topological polar surface area (TPSA) is 52.0 Å². The van der Waals surface area contributed by atoms with Crippen LogP contribution < -0.4 is 9.91 Å². The third-order valence-corrected chi connectivity index (χ3v) is 6.18. The fourth-order valence-electron chi connectivity index (χ4n) is 4.66. The van der Waals surface area contributed by atoms with E-state index in [9.17, 15) is 18.3 Å². The van der Waals surface area contributed by atoms with Crippen LogP contribution in [0.2, 0.25) is 0 Å². The van der Waals surface area contributed by atoms with Crippen LogP contribution in [0.5, 0.6) is 0 Å². The maximum atomic E-state index is 13.9. The molecular weight excluding hydrogens is 405 g/mol. The van der Waals surface area contributed by atoms with Crippen LogP contribution >= 0.6 is 0 Å². The number of aliphatic hydroxyl groups excluding tert-OH is 1. The first-order valence-corrected chi connectivity index (χ1v) is 10.5. The zero-order valence-corrected chi connectivity index (χ0v) is 16.9. The van der Waals surface area contributed by atoms with E-state index >= 15 is 0 Å². The Bertz CT molecular complexity index is 1050. The van der Waals surface area contributed by atoms with E-state index in [1.165, 1.54) is 11.1 Å². The molecule has 2 aromatic rings. The van der Waals surface area contributed by atoms with Crippen LogP contribution in [0.4, 0.5) is 24.5 Å². The molecule has 0 amide bonds. The van der Waals surface area contributed by atoms with Gasteiger partial charge in [0.05, 0.1) is 29.6 Å². The maximum Gasteiger partial charge on any atom is 0.418 e. The Hall–Kier alpha value is -2.87. The predicted molar refractivity (Wildman–Crippen MR) is 113 cm³/mol. The molecule has 0 spiro atoms. The maximum absolute atomic E-state index is 13.9. The zero-order valence-electron chi connectivity index (χ0n) is 16.9. The molecule has 0 bridgehead atoms. The van der Waals surface area contributed by atoms with E-state index in [0.29, 0.717) is 43.1 Å². The second-order valence-corrected chi connectivity index (χ2v) is 8.24. The Morgan fingerprint density at radius 2 is 1.97 bits per heavy atom. The van der Waals surface area contributed by atoms with Gasteiger partial charge in [0.25, 0.3) is 0 Å². The average Bonchev–Trinajstić information content (AvgIpc) is 3.41. The molecule has 0 unspecified atom stereocenters. The molecule has 5 rings (SSSR count). The van der Waals surface area contributed by atoms with E-state index in [4.69, 9.17) is 0 Å². The van der Waals surface area contributed by atoms with Crippen molar-refractivity contribution in [1.29, 1.82) is 0 Å². The molecule has 5 nitrogen and oxygen atoms in total. The molecule has 1 saturated heterocycles. The SMILES string of the molecule is O[C@H]1CCN(c2ccc(C(F)(F)F)c(N3CC4=C(CCC4)C(c4ccccn4)=N3)c2)C1. The summed E-state index contributed by atoms with van der Waals surface area (Å²) < 4.78 is 41.7. The Labute approximate surface area is 178 Å². The second kappa shape index (κ2) is 7.67. The van der Waals surface area contributed by atoms with Crippen molar-refractivity contribution in [2.45, 2.75) is 38.0 Å². The lowest BCUT2D eigenvalue weighted by Crippen LogP contribution is -2.30. The van der Waals surface area contributed by atoms with Crippen molar-refractivity contribution < 1.29 is 18.3 Å². The predicted octanol–water partition coefficient (Wildman–Crippen LogP) is 4.38. The third kappa shape index (κ3) is 3.80. The number of allylic oxidation sites excluding steroid dienone is 1. The smallest absolute Gasteiger partial charge is 0.391 e. The lowest BCUT2D eigenvalue weighted by Gasteiger charge is -2.30. The number of pyridine rings is 1. The number of benzene rings is 1. The summed E-state index contributed by atoms with van der Waals surface area (Å²) in [6, 6.07) is 9.68. The number of halogens is 3. The molecule has 2 aliphatic heterocycles. The molecule has 1 aromatic heterocycles. The first kappa shape index (κ1) is 20.1. The van der Waals surface area contributed by atoms with E-state index in [1.807, 2.05) is 23.1 Å². The highest BCUT2D eigenvalue weighted by atomic mass is 19.4. The third-order valence-electron chi connectivity index (χ3n) is 6.18.